The molecule has 4 nitrogen and oxygen atoms in total. The van der Waals surface area contributed by atoms with Crippen molar-refractivity contribution in [2.75, 3.05) is 6.54 Å². The van der Waals surface area contributed by atoms with E-state index < -0.39 is 5.60 Å². The van der Waals surface area contributed by atoms with Crippen molar-refractivity contribution in [3.05, 3.63) is 16.9 Å². The van der Waals surface area contributed by atoms with Crippen molar-refractivity contribution < 1.29 is 5.11 Å². The maximum absolute atomic E-state index is 9.68. The molecule has 13 heavy (non-hydrogen) atoms. The van der Waals surface area contributed by atoms with Crippen LogP contribution in [0.4, 0.5) is 0 Å². The van der Waals surface area contributed by atoms with Gasteiger partial charge in [0.25, 0.3) is 0 Å². The second-order valence-electron chi connectivity index (χ2n) is 3.44. The SMILES string of the molecule is Cc1c(Cl)cnn1CC(C)(O)CN. The summed E-state index contributed by atoms with van der Waals surface area (Å²) < 4.78 is 1.65. The van der Waals surface area contributed by atoms with Crippen LogP contribution in [0.2, 0.25) is 5.02 Å². The highest BCUT2D eigenvalue weighted by molar-refractivity contribution is 6.31. The van der Waals surface area contributed by atoms with Crippen molar-refractivity contribution in [1.82, 2.24) is 9.78 Å². The van der Waals surface area contributed by atoms with Crippen LogP contribution in [0.3, 0.4) is 0 Å². The largest absolute Gasteiger partial charge is 0.387 e. The van der Waals surface area contributed by atoms with Gasteiger partial charge in [0.05, 0.1) is 29.1 Å². The van der Waals surface area contributed by atoms with E-state index in [1.54, 1.807) is 17.8 Å². The molecule has 0 radical (unpaired) electrons. The van der Waals surface area contributed by atoms with E-state index in [0.717, 1.165) is 5.69 Å². The Balaban J connectivity index is 2.80. The topological polar surface area (TPSA) is 64.1 Å². The number of nitrogens with zero attached hydrogens (tertiary/aromatic N) is 2. The molecular formula is C8H14ClN3O. The maximum atomic E-state index is 9.68. The van der Waals surface area contributed by atoms with Gasteiger partial charge < -0.3 is 10.8 Å². The third kappa shape index (κ3) is 2.43. The first-order chi connectivity index (χ1) is 5.96. The number of aliphatic hydroxyl groups is 1. The van der Waals surface area contributed by atoms with Gasteiger partial charge in [0.1, 0.15) is 0 Å². The second-order valence-corrected chi connectivity index (χ2v) is 3.84. The third-order valence-electron chi connectivity index (χ3n) is 1.97. The summed E-state index contributed by atoms with van der Waals surface area (Å²) in [6, 6.07) is 0. The van der Waals surface area contributed by atoms with E-state index in [9.17, 15) is 5.11 Å². The number of hydrogen-bond donors (Lipinski definition) is 2. The summed E-state index contributed by atoms with van der Waals surface area (Å²) in [7, 11) is 0. The van der Waals surface area contributed by atoms with Crippen molar-refractivity contribution in [2.45, 2.75) is 26.0 Å². The van der Waals surface area contributed by atoms with Gasteiger partial charge in [-0.05, 0) is 13.8 Å². The lowest BCUT2D eigenvalue weighted by molar-refractivity contribution is 0.0465. The van der Waals surface area contributed by atoms with Crippen molar-refractivity contribution in [1.29, 1.82) is 0 Å². The molecular weight excluding hydrogens is 190 g/mol. The zero-order valence-corrected chi connectivity index (χ0v) is 8.54. The standard InChI is InChI=1S/C8H14ClN3O/c1-6-7(9)3-11-12(6)5-8(2,13)4-10/h3,13H,4-5,10H2,1-2H3. The van der Waals surface area contributed by atoms with Crippen molar-refractivity contribution in [3.63, 3.8) is 0 Å². The number of hydrogen-bond acceptors (Lipinski definition) is 3. The fraction of sp³-hybridized carbons (Fsp3) is 0.625. The van der Waals surface area contributed by atoms with Gasteiger partial charge in [-0.15, -0.1) is 0 Å². The second kappa shape index (κ2) is 3.65. The fourth-order valence-corrected chi connectivity index (χ4v) is 1.11. The lowest BCUT2D eigenvalue weighted by Crippen LogP contribution is -2.39. The number of halogens is 1. The Kier molecular flexibility index (Phi) is 2.95. The van der Waals surface area contributed by atoms with Crippen LogP contribution in [0.15, 0.2) is 6.20 Å². The lowest BCUT2D eigenvalue weighted by Gasteiger charge is -2.21. The highest BCUT2D eigenvalue weighted by Gasteiger charge is 2.20. The lowest BCUT2D eigenvalue weighted by atomic mass is 10.1. The molecule has 5 heteroatoms. The van der Waals surface area contributed by atoms with Crippen LogP contribution in [0, 0.1) is 6.92 Å². The molecule has 0 saturated heterocycles. The van der Waals surface area contributed by atoms with Crippen LogP contribution in [0.25, 0.3) is 0 Å². The normalized spacial score (nSPS) is 15.8. The van der Waals surface area contributed by atoms with Crippen molar-refractivity contribution in [2.24, 2.45) is 5.73 Å². The summed E-state index contributed by atoms with van der Waals surface area (Å²) in [5.41, 5.74) is 5.30. The molecule has 74 valence electrons. The summed E-state index contributed by atoms with van der Waals surface area (Å²) in [4.78, 5) is 0. The number of aromatic nitrogens is 2. The molecule has 0 aromatic carbocycles. The Morgan fingerprint density at radius 2 is 2.38 bits per heavy atom. The van der Waals surface area contributed by atoms with Gasteiger partial charge in [0.15, 0.2) is 0 Å². The molecule has 0 amide bonds. The molecule has 0 aliphatic carbocycles. The van der Waals surface area contributed by atoms with Crippen molar-refractivity contribution >= 4 is 11.6 Å². The summed E-state index contributed by atoms with van der Waals surface area (Å²) >= 11 is 5.81. The van der Waals surface area contributed by atoms with Crippen LogP contribution >= 0.6 is 11.6 Å². The van der Waals surface area contributed by atoms with E-state index >= 15 is 0 Å². The van der Waals surface area contributed by atoms with Gasteiger partial charge >= 0.3 is 0 Å². The van der Waals surface area contributed by atoms with Gasteiger partial charge in [0, 0.05) is 6.54 Å². The summed E-state index contributed by atoms with van der Waals surface area (Å²) in [5.74, 6) is 0. The van der Waals surface area contributed by atoms with Gasteiger partial charge in [-0.2, -0.15) is 5.10 Å². The predicted molar refractivity (Wildman–Crippen MR) is 51.7 cm³/mol. The smallest absolute Gasteiger partial charge is 0.0936 e. The molecule has 0 bridgehead atoms. The number of nitrogens with two attached hydrogens (primary N) is 1. The predicted octanol–water partition coefficient (Wildman–Crippen LogP) is 0.555. The van der Waals surface area contributed by atoms with Gasteiger partial charge in [-0.3, -0.25) is 4.68 Å². The summed E-state index contributed by atoms with van der Waals surface area (Å²) in [5, 5.41) is 14.3. The summed E-state index contributed by atoms with van der Waals surface area (Å²) in [6.45, 7) is 4.08. The summed E-state index contributed by atoms with van der Waals surface area (Å²) in [6.07, 6.45) is 1.56. The first-order valence-electron chi connectivity index (χ1n) is 4.06. The molecule has 1 aromatic heterocycles. The Labute approximate surface area is 82.3 Å². The molecule has 0 saturated carbocycles. The zero-order valence-electron chi connectivity index (χ0n) is 7.79. The minimum Gasteiger partial charge on any atom is -0.387 e. The van der Waals surface area contributed by atoms with Crippen LogP contribution < -0.4 is 5.73 Å². The van der Waals surface area contributed by atoms with Crippen molar-refractivity contribution in [3.8, 4) is 0 Å². The minimum atomic E-state index is -0.930. The van der Waals surface area contributed by atoms with Crippen LogP contribution in [0.1, 0.15) is 12.6 Å². The molecule has 1 atom stereocenters. The Morgan fingerprint density at radius 1 is 1.77 bits per heavy atom. The molecule has 0 fully saturated rings. The number of rotatable bonds is 3. The van der Waals surface area contributed by atoms with Gasteiger partial charge in [-0.1, -0.05) is 11.6 Å². The zero-order chi connectivity index (χ0) is 10.1. The van der Waals surface area contributed by atoms with Crippen LogP contribution in [-0.2, 0) is 6.54 Å². The maximum Gasteiger partial charge on any atom is 0.0936 e. The van der Waals surface area contributed by atoms with E-state index in [-0.39, 0.29) is 6.54 Å². The molecule has 3 N–H and O–H groups in total. The highest BCUT2D eigenvalue weighted by atomic mass is 35.5. The van der Waals surface area contributed by atoms with E-state index in [4.69, 9.17) is 17.3 Å². The van der Waals surface area contributed by atoms with Gasteiger partial charge in [-0.25, -0.2) is 0 Å². The van der Waals surface area contributed by atoms with E-state index in [0.29, 0.717) is 11.6 Å². The first kappa shape index (κ1) is 10.5. The monoisotopic (exact) mass is 203 g/mol. The Hall–Kier alpha value is -0.580. The molecule has 0 aliphatic heterocycles. The quantitative estimate of drug-likeness (QED) is 0.755. The molecule has 1 aromatic rings. The minimum absolute atomic E-state index is 0.198. The van der Waals surface area contributed by atoms with Crippen LogP contribution in [0.5, 0.6) is 0 Å². The Bertz CT molecular complexity index is 296. The Morgan fingerprint density at radius 3 is 2.77 bits per heavy atom. The molecule has 0 aliphatic rings. The van der Waals surface area contributed by atoms with E-state index in [2.05, 4.69) is 5.10 Å². The molecule has 1 unspecified atom stereocenters. The fourth-order valence-electron chi connectivity index (χ4n) is 0.970. The van der Waals surface area contributed by atoms with Crippen LogP contribution in [-0.4, -0.2) is 27.0 Å². The highest BCUT2D eigenvalue weighted by Crippen LogP contribution is 2.15. The average molecular weight is 204 g/mol. The van der Waals surface area contributed by atoms with E-state index in [1.165, 1.54) is 0 Å². The van der Waals surface area contributed by atoms with E-state index in [1.807, 2.05) is 6.92 Å². The first-order valence-corrected chi connectivity index (χ1v) is 4.44. The average Bonchev–Trinajstić information content (AvgIpc) is 2.36. The molecule has 0 spiro atoms. The molecule has 1 rings (SSSR count). The third-order valence-corrected chi connectivity index (χ3v) is 2.34. The van der Waals surface area contributed by atoms with Gasteiger partial charge in [0.2, 0.25) is 0 Å². The molecule has 1 heterocycles.